The van der Waals surface area contributed by atoms with E-state index in [1.165, 1.54) is 5.56 Å². The van der Waals surface area contributed by atoms with Crippen LogP contribution in [0.1, 0.15) is 54.7 Å². The van der Waals surface area contributed by atoms with Gasteiger partial charge in [-0.15, -0.1) is 0 Å². The molecular weight excluding hydrogens is 504 g/mol. The van der Waals surface area contributed by atoms with Crippen molar-refractivity contribution in [1.29, 1.82) is 5.26 Å². The SMILES string of the molecule is CC[C@H]1CN(c2nc(N)c(C(=O)NC[C@@H](C)O)nc2Cl)CCN1C1CCN(Cc2ccc(C#N)cc2)CC1. The van der Waals surface area contributed by atoms with Crippen LogP contribution in [0.4, 0.5) is 11.6 Å². The molecule has 0 radical (unpaired) electrons. The van der Waals surface area contributed by atoms with E-state index >= 15 is 0 Å². The smallest absolute Gasteiger partial charge is 0.273 e. The Hall–Kier alpha value is -2.97. The van der Waals surface area contributed by atoms with Gasteiger partial charge in [0.1, 0.15) is 0 Å². The average molecular weight is 541 g/mol. The number of anilines is 2. The highest BCUT2D eigenvalue weighted by atomic mass is 35.5. The lowest BCUT2D eigenvalue weighted by molar-refractivity contribution is 0.0610. The molecule has 4 N–H and O–H groups in total. The van der Waals surface area contributed by atoms with E-state index in [1.807, 2.05) is 24.3 Å². The lowest BCUT2D eigenvalue weighted by Crippen LogP contribution is -2.58. The van der Waals surface area contributed by atoms with Gasteiger partial charge in [0.2, 0.25) is 0 Å². The fourth-order valence-corrected chi connectivity index (χ4v) is 5.62. The molecule has 0 unspecified atom stereocenters. The number of halogens is 1. The van der Waals surface area contributed by atoms with Crippen molar-refractivity contribution in [3.05, 3.63) is 46.2 Å². The van der Waals surface area contributed by atoms with Crippen LogP contribution in [0.15, 0.2) is 24.3 Å². The molecule has 1 amide bonds. The molecule has 10 nitrogen and oxygen atoms in total. The van der Waals surface area contributed by atoms with Crippen LogP contribution in [0.25, 0.3) is 0 Å². The third kappa shape index (κ3) is 6.72. The summed E-state index contributed by atoms with van der Waals surface area (Å²) < 4.78 is 0. The molecule has 0 spiro atoms. The Morgan fingerprint density at radius 1 is 1.24 bits per heavy atom. The van der Waals surface area contributed by atoms with Crippen LogP contribution in [-0.4, -0.2) is 88.2 Å². The maximum Gasteiger partial charge on any atom is 0.273 e. The predicted octanol–water partition coefficient (Wildman–Crippen LogP) is 2.26. The third-order valence-corrected chi connectivity index (χ3v) is 7.70. The molecule has 38 heavy (non-hydrogen) atoms. The van der Waals surface area contributed by atoms with Crippen molar-refractivity contribution in [1.82, 2.24) is 25.1 Å². The summed E-state index contributed by atoms with van der Waals surface area (Å²) in [5.41, 5.74) is 7.99. The standard InChI is InChI=1S/C27H37ClN8O2/c1-3-21-17-35(26-24(28)32-23(25(30)33-26)27(38)31-15-18(2)37)12-13-36(21)22-8-10-34(11-9-22)16-20-6-4-19(14-29)5-7-20/h4-7,18,21-22,37H,3,8-13,15-17H2,1-2H3,(H2,30,33)(H,31,38)/t18-,21+/m1/s1. The quantitative estimate of drug-likeness (QED) is 0.460. The Morgan fingerprint density at radius 2 is 1.95 bits per heavy atom. The van der Waals surface area contributed by atoms with Crippen LogP contribution in [0.3, 0.4) is 0 Å². The summed E-state index contributed by atoms with van der Waals surface area (Å²) in [4.78, 5) is 28.3. The number of nitrogens with one attached hydrogen (secondary N) is 1. The van der Waals surface area contributed by atoms with Crippen LogP contribution in [0.2, 0.25) is 5.15 Å². The number of likely N-dealkylation sites (tertiary alicyclic amines) is 1. The van der Waals surface area contributed by atoms with Crippen molar-refractivity contribution in [3.63, 3.8) is 0 Å². The van der Waals surface area contributed by atoms with Gasteiger partial charge in [-0.1, -0.05) is 30.7 Å². The Balaban J connectivity index is 1.34. The van der Waals surface area contributed by atoms with E-state index < -0.39 is 12.0 Å². The van der Waals surface area contributed by atoms with Gasteiger partial charge in [-0.2, -0.15) is 5.26 Å². The van der Waals surface area contributed by atoms with Crippen LogP contribution in [-0.2, 0) is 6.54 Å². The number of piperazine rings is 1. The number of aliphatic hydroxyl groups is 1. The average Bonchev–Trinajstić information content (AvgIpc) is 2.93. The first-order valence-corrected chi connectivity index (χ1v) is 13.7. The third-order valence-electron chi connectivity index (χ3n) is 7.45. The van der Waals surface area contributed by atoms with Crippen LogP contribution in [0.5, 0.6) is 0 Å². The Bertz CT molecular complexity index is 1150. The Kier molecular flexibility index (Phi) is 9.39. The molecule has 0 bridgehead atoms. The summed E-state index contributed by atoms with van der Waals surface area (Å²) in [6.45, 7) is 9.30. The van der Waals surface area contributed by atoms with Gasteiger partial charge in [-0.25, -0.2) is 9.97 Å². The lowest BCUT2D eigenvalue weighted by atomic mass is 9.97. The minimum atomic E-state index is -0.681. The number of benzene rings is 1. The van der Waals surface area contributed by atoms with Crippen molar-refractivity contribution < 1.29 is 9.90 Å². The number of nitriles is 1. The summed E-state index contributed by atoms with van der Waals surface area (Å²) in [5, 5.41) is 21.1. The van der Waals surface area contributed by atoms with Crippen molar-refractivity contribution in [3.8, 4) is 6.07 Å². The second kappa shape index (κ2) is 12.7. The highest BCUT2D eigenvalue weighted by molar-refractivity contribution is 6.32. The number of nitrogens with two attached hydrogens (primary N) is 1. The van der Waals surface area contributed by atoms with Crippen molar-refractivity contribution in [2.75, 3.05) is 49.9 Å². The summed E-state index contributed by atoms with van der Waals surface area (Å²) in [6, 6.07) is 10.9. The minimum absolute atomic E-state index is 0.0256. The summed E-state index contributed by atoms with van der Waals surface area (Å²) in [6.07, 6.45) is 2.56. The van der Waals surface area contributed by atoms with E-state index in [2.05, 4.69) is 43.0 Å². The first-order chi connectivity index (χ1) is 18.3. The zero-order chi connectivity index (χ0) is 27.2. The molecule has 1 aromatic heterocycles. The monoisotopic (exact) mass is 540 g/mol. The van der Waals surface area contributed by atoms with Gasteiger partial charge in [-0.05, 0) is 57.0 Å². The second-order valence-electron chi connectivity index (χ2n) is 10.2. The lowest BCUT2D eigenvalue weighted by Gasteiger charge is -2.47. The molecule has 0 saturated carbocycles. The van der Waals surface area contributed by atoms with E-state index in [0.717, 1.165) is 58.5 Å². The number of amides is 1. The molecule has 2 aromatic rings. The fraction of sp³-hybridized carbons (Fsp3) is 0.556. The zero-order valence-electron chi connectivity index (χ0n) is 22.1. The highest BCUT2D eigenvalue weighted by Crippen LogP contribution is 2.30. The molecule has 2 aliphatic rings. The van der Waals surface area contributed by atoms with E-state index in [4.69, 9.17) is 22.6 Å². The van der Waals surface area contributed by atoms with Crippen molar-refractivity contribution >= 4 is 29.1 Å². The van der Waals surface area contributed by atoms with Crippen LogP contribution < -0.4 is 16.0 Å². The number of hydrogen-bond donors (Lipinski definition) is 3. The zero-order valence-corrected chi connectivity index (χ0v) is 22.9. The van der Waals surface area contributed by atoms with Crippen molar-refractivity contribution in [2.24, 2.45) is 0 Å². The first-order valence-electron chi connectivity index (χ1n) is 13.3. The largest absolute Gasteiger partial charge is 0.392 e. The second-order valence-corrected chi connectivity index (χ2v) is 10.6. The van der Waals surface area contributed by atoms with Crippen LogP contribution >= 0.6 is 11.6 Å². The molecular formula is C27H37ClN8O2. The molecule has 2 aliphatic heterocycles. The van der Waals surface area contributed by atoms with Gasteiger partial charge in [0.25, 0.3) is 5.91 Å². The number of hydrogen-bond acceptors (Lipinski definition) is 9. The molecule has 11 heteroatoms. The predicted molar refractivity (Wildman–Crippen MR) is 148 cm³/mol. The van der Waals surface area contributed by atoms with Gasteiger partial charge in [-0.3, -0.25) is 14.6 Å². The Labute approximate surface area is 229 Å². The number of nitrogens with zero attached hydrogens (tertiary/aromatic N) is 6. The van der Waals surface area contributed by atoms with Gasteiger partial charge in [0.15, 0.2) is 22.5 Å². The number of nitrogen functional groups attached to an aromatic ring is 1. The molecule has 2 fully saturated rings. The maximum atomic E-state index is 12.4. The highest BCUT2D eigenvalue weighted by Gasteiger charge is 2.34. The molecule has 204 valence electrons. The molecule has 2 saturated heterocycles. The van der Waals surface area contributed by atoms with Gasteiger partial charge in [0.05, 0.1) is 17.7 Å². The molecule has 4 rings (SSSR count). The number of carbonyl (C=O) groups excluding carboxylic acids is 1. The summed E-state index contributed by atoms with van der Waals surface area (Å²) in [7, 11) is 0. The van der Waals surface area contributed by atoms with Crippen molar-refractivity contribution in [2.45, 2.75) is 57.8 Å². The normalized spacial score (nSPS) is 20.2. The van der Waals surface area contributed by atoms with Gasteiger partial charge >= 0.3 is 0 Å². The number of aliphatic hydroxyl groups excluding tert-OH is 1. The Morgan fingerprint density at radius 3 is 2.58 bits per heavy atom. The first kappa shape index (κ1) is 28.0. The molecule has 2 atom stereocenters. The number of rotatable bonds is 8. The number of piperidine rings is 1. The minimum Gasteiger partial charge on any atom is -0.392 e. The van der Waals surface area contributed by atoms with E-state index in [0.29, 0.717) is 23.5 Å². The number of aromatic nitrogens is 2. The van der Waals surface area contributed by atoms with E-state index in [1.54, 1.807) is 6.92 Å². The summed E-state index contributed by atoms with van der Waals surface area (Å²) >= 11 is 6.48. The molecule has 1 aromatic carbocycles. The molecule has 3 heterocycles. The molecule has 0 aliphatic carbocycles. The van der Waals surface area contributed by atoms with E-state index in [-0.39, 0.29) is 23.2 Å². The van der Waals surface area contributed by atoms with Gasteiger partial charge < -0.3 is 21.1 Å². The summed E-state index contributed by atoms with van der Waals surface area (Å²) in [5.74, 6) is 0.0234. The van der Waals surface area contributed by atoms with E-state index in [9.17, 15) is 9.90 Å². The van der Waals surface area contributed by atoms with Gasteiger partial charge in [0, 0.05) is 44.8 Å². The van der Waals surface area contributed by atoms with Crippen LogP contribution in [0, 0.1) is 11.3 Å². The maximum absolute atomic E-state index is 12.4. The number of carbonyl (C=O) groups is 1. The fourth-order valence-electron chi connectivity index (χ4n) is 5.37. The topological polar surface area (TPSA) is 135 Å².